The Kier molecular flexibility index (Phi) is 5.90. The van der Waals surface area contributed by atoms with Gasteiger partial charge in [-0.15, -0.1) is 0 Å². The molecule has 1 aliphatic rings. The molecular formula is C22H13ClF5N3O3. The lowest BCUT2D eigenvalue weighted by Crippen LogP contribution is -2.40. The normalized spacial score (nSPS) is 15.5. The van der Waals surface area contributed by atoms with Crippen molar-refractivity contribution in [1.82, 2.24) is 9.88 Å². The van der Waals surface area contributed by atoms with Crippen LogP contribution in [-0.2, 0) is 17.5 Å². The third-order valence-corrected chi connectivity index (χ3v) is 5.52. The van der Waals surface area contributed by atoms with E-state index in [0.29, 0.717) is 18.4 Å². The highest BCUT2D eigenvalue weighted by molar-refractivity contribution is 6.31. The fraction of sp³-hybridized carbons (Fsp3) is 0.136. The zero-order valence-corrected chi connectivity index (χ0v) is 17.6. The minimum absolute atomic E-state index is 0.0344. The van der Waals surface area contributed by atoms with Gasteiger partial charge in [0.25, 0.3) is 5.91 Å². The van der Waals surface area contributed by atoms with E-state index in [1.807, 2.05) is 0 Å². The van der Waals surface area contributed by atoms with E-state index < -0.39 is 46.8 Å². The van der Waals surface area contributed by atoms with Crippen molar-refractivity contribution < 1.29 is 36.3 Å². The van der Waals surface area contributed by atoms with Gasteiger partial charge in [-0.3, -0.25) is 14.4 Å². The summed E-state index contributed by atoms with van der Waals surface area (Å²) in [7, 11) is 0. The van der Waals surface area contributed by atoms with E-state index in [0.717, 1.165) is 12.1 Å². The summed E-state index contributed by atoms with van der Waals surface area (Å²) < 4.78 is 68.1. The fourth-order valence-electron chi connectivity index (χ4n) is 3.73. The molecule has 34 heavy (non-hydrogen) atoms. The SMILES string of the molecule is O=Cc1cc(NC(=O)c2cc(F)cc(C(F)(F)F)c2)c2n1CC(=O)NC2c1cc(F)ccc1Cl. The molecule has 176 valence electrons. The van der Waals surface area contributed by atoms with Crippen LogP contribution in [0.2, 0.25) is 5.02 Å². The first-order valence-corrected chi connectivity index (χ1v) is 9.97. The Balaban J connectivity index is 1.80. The molecule has 0 aliphatic carbocycles. The number of benzene rings is 2. The van der Waals surface area contributed by atoms with Gasteiger partial charge < -0.3 is 15.2 Å². The second-order valence-electron chi connectivity index (χ2n) is 7.42. The average molecular weight is 498 g/mol. The van der Waals surface area contributed by atoms with Crippen molar-refractivity contribution in [3.8, 4) is 0 Å². The molecule has 2 heterocycles. The van der Waals surface area contributed by atoms with Crippen molar-refractivity contribution in [2.24, 2.45) is 0 Å². The summed E-state index contributed by atoms with van der Waals surface area (Å²) in [5.74, 6) is -3.58. The first kappa shape index (κ1) is 23.4. The number of rotatable bonds is 4. The molecule has 1 aromatic heterocycles. The second kappa shape index (κ2) is 8.56. The van der Waals surface area contributed by atoms with Crippen LogP contribution < -0.4 is 10.6 Å². The largest absolute Gasteiger partial charge is 0.416 e. The van der Waals surface area contributed by atoms with Gasteiger partial charge in [-0.1, -0.05) is 11.6 Å². The summed E-state index contributed by atoms with van der Waals surface area (Å²) >= 11 is 6.18. The zero-order valence-electron chi connectivity index (χ0n) is 16.8. The number of amides is 2. The average Bonchev–Trinajstić information content (AvgIpc) is 3.11. The van der Waals surface area contributed by atoms with Gasteiger partial charge in [-0.25, -0.2) is 8.78 Å². The third-order valence-electron chi connectivity index (χ3n) is 5.18. The van der Waals surface area contributed by atoms with Crippen LogP contribution in [0.25, 0.3) is 0 Å². The molecule has 2 amide bonds. The van der Waals surface area contributed by atoms with Crippen molar-refractivity contribution in [2.75, 3.05) is 5.32 Å². The maximum absolute atomic E-state index is 13.9. The zero-order chi connectivity index (χ0) is 24.8. The van der Waals surface area contributed by atoms with Gasteiger partial charge in [0.1, 0.15) is 18.2 Å². The minimum atomic E-state index is -4.89. The van der Waals surface area contributed by atoms with E-state index in [1.165, 1.54) is 16.7 Å². The molecule has 1 atom stereocenters. The van der Waals surface area contributed by atoms with Gasteiger partial charge in [-0.2, -0.15) is 13.2 Å². The number of carbonyl (C=O) groups excluding carboxylic acids is 3. The van der Waals surface area contributed by atoms with Crippen LogP contribution in [-0.4, -0.2) is 22.7 Å². The highest BCUT2D eigenvalue weighted by Gasteiger charge is 2.34. The molecule has 6 nitrogen and oxygen atoms in total. The van der Waals surface area contributed by atoms with E-state index in [1.54, 1.807) is 0 Å². The van der Waals surface area contributed by atoms with Gasteiger partial charge in [0.15, 0.2) is 6.29 Å². The molecule has 0 saturated heterocycles. The second-order valence-corrected chi connectivity index (χ2v) is 7.83. The minimum Gasteiger partial charge on any atom is -0.342 e. The quantitative estimate of drug-likeness (QED) is 0.404. The molecule has 1 unspecified atom stereocenters. The lowest BCUT2D eigenvalue weighted by molar-refractivity contribution is -0.137. The predicted molar refractivity (Wildman–Crippen MR) is 111 cm³/mol. The summed E-state index contributed by atoms with van der Waals surface area (Å²) in [6.07, 6.45) is -4.48. The third kappa shape index (κ3) is 4.38. The van der Waals surface area contributed by atoms with Crippen LogP contribution in [0.4, 0.5) is 27.6 Å². The molecule has 0 spiro atoms. The van der Waals surface area contributed by atoms with Gasteiger partial charge in [0.2, 0.25) is 5.91 Å². The van der Waals surface area contributed by atoms with Crippen LogP contribution >= 0.6 is 11.6 Å². The lowest BCUT2D eigenvalue weighted by atomic mass is 10.0. The van der Waals surface area contributed by atoms with Gasteiger partial charge in [0.05, 0.1) is 28.7 Å². The van der Waals surface area contributed by atoms with Crippen LogP contribution in [0.15, 0.2) is 42.5 Å². The van der Waals surface area contributed by atoms with Gasteiger partial charge >= 0.3 is 6.18 Å². The molecule has 0 bridgehead atoms. The van der Waals surface area contributed by atoms with Crippen molar-refractivity contribution in [2.45, 2.75) is 18.8 Å². The molecule has 3 aromatic rings. The molecular weight excluding hydrogens is 485 g/mol. The smallest absolute Gasteiger partial charge is 0.342 e. The highest BCUT2D eigenvalue weighted by atomic mass is 35.5. The molecule has 0 fully saturated rings. The number of hydrogen-bond donors (Lipinski definition) is 2. The highest BCUT2D eigenvalue weighted by Crippen LogP contribution is 2.37. The Hall–Kier alpha value is -3.73. The van der Waals surface area contributed by atoms with Crippen molar-refractivity contribution in [3.05, 3.63) is 87.2 Å². The monoisotopic (exact) mass is 497 g/mol. The number of hydrogen-bond acceptors (Lipinski definition) is 3. The Bertz CT molecular complexity index is 1340. The summed E-state index contributed by atoms with van der Waals surface area (Å²) in [6, 6.07) is 4.85. The Morgan fingerprint density at radius 3 is 2.53 bits per heavy atom. The van der Waals surface area contributed by atoms with E-state index >= 15 is 0 Å². The summed E-state index contributed by atoms with van der Waals surface area (Å²) in [5, 5.41) is 5.03. The van der Waals surface area contributed by atoms with Crippen LogP contribution in [0.3, 0.4) is 0 Å². The van der Waals surface area contributed by atoms with Crippen molar-refractivity contribution >= 4 is 35.4 Å². The molecule has 0 saturated carbocycles. The molecule has 12 heteroatoms. The summed E-state index contributed by atoms with van der Waals surface area (Å²) in [4.78, 5) is 36.6. The number of aldehydes is 1. The van der Waals surface area contributed by atoms with Gasteiger partial charge in [-0.05, 0) is 42.5 Å². The van der Waals surface area contributed by atoms with E-state index in [9.17, 15) is 36.3 Å². The fourth-order valence-corrected chi connectivity index (χ4v) is 3.95. The number of aromatic nitrogens is 1. The lowest BCUT2D eigenvalue weighted by Gasteiger charge is -2.28. The maximum atomic E-state index is 13.9. The summed E-state index contributed by atoms with van der Waals surface area (Å²) in [5.41, 5.74) is -1.83. The molecule has 1 aliphatic heterocycles. The van der Waals surface area contributed by atoms with E-state index in [-0.39, 0.29) is 40.3 Å². The predicted octanol–water partition coefficient (Wildman–Crippen LogP) is 4.72. The van der Waals surface area contributed by atoms with Crippen LogP contribution in [0.1, 0.15) is 43.7 Å². The van der Waals surface area contributed by atoms with Gasteiger partial charge in [0, 0.05) is 16.1 Å². The Morgan fingerprint density at radius 1 is 1.12 bits per heavy atom. The van der Waals surface area contributed by atoms with Crippen molar-refractivity contribution in [3.63, 3.8) is 0 Å². The topological polar surface area (TPSA) is 80.2 Å². The number of alkyl halides is 3. The molecule has 4 rings (SSSR count). The number of carbonyl (C=O) groups is 3. The number of halogens is 6. The number of nitrogens with one attached hydrogen (secondary N) is 2. The Labute approximate surface area is 193 Å². The van der Waals surface area contributed by atoms with E-state index in [4.69, 9.17) is 11.6 Å². The molecule has 0 radical (unpaired) electrons. The first-order chi connectivity index (χ1) is 16.0. The van der Waals surface area contributed by atoms with Crippen molar-refractivity contribution in [1.29, 1.82) is 0 Å². The first-order valence-electron chi connectivity index (χ1n) is 9.60. The number of fused-ring (bicyclic) bond motifs is 1. The molecule has 2 N–H and O–H groups in total. The van der Waals surface area contributed by atoms with Crippen LogP contribution in [0, 0.1) is 11.6 Å². The maximum Gasteiger partial charge on any atom is 0.416 e. The summed E-state index contributed by atoms with van der Waals surface area (Å²) in [6.45, 7) is -0.319. The number of anilines is 1. The van der Waals surface area contributed by atoms with E-state index in [2.05, 4.69) is 10.6 Å². The Morgan fingerprint density at radius 2 is 1.85 bits per heavy atom. The number of nitrogens with zero attached hydrogens (tertiary/aromatic N) is 1. The molecule has 2 aromatic carbocycles. The van der Waals surface area contributed by atoms with Crippen LogP contribution in [0.5, 0.6) is 0 Å². The standard InChI is InChI=1S/C22H13ClF5N3O3/c23-16-2-1-12(24)6-15(16)19-20-17(7-14(9-32)31(20)8-18(33)30-19)29-21(34)10-3-11(22(26,27)28)5-13(25)4-10/h1-7,9,19H,8H2,(H,29,34)(H,30,33).